The zero-order valence-corrected chi connectivity index (χ0v) is 16.9. The van der Waals surface area contributed by atoms with Crippen LogP contribution in [0.25, 0.3) is 0 Å². The molecule has 0 bridgehead atoms. The van der Waals surface area contributed by atoms with Gasteiger partial charge in [0.25, 0.3) is 0 Å². The SMILES string of the molecule is COC[C@H](C)n1c(C)cc(C(=O)COC(=O)Cc2ccc(OC)c(F)c2)c1C. The number of nitrogens with zero attached hydrogens (tertiary/aromatic N) is 1. The highest BCUT2D eigenvalue weighted by molar-refractivity contribution is 5.99. The van der Waals surface area contributed by atoms with E-state index in [0.29, 0.717) is 17.7 Å². The molecule has 0 unspecified atom stereocenters. The molecule has 7 heteroatoms. The standard InChI is InChI=1S/C21H26FNO5/c1-13-8-17(15(3)23(13)14(2)11-26-4)19(24)12-28-21(25)10-16-6-7-20(27-5)18(22)9-16/h6-9,14H,10-12H2,1-5H3/t14-/m0/s1. The van der Waals surface area contributed by atoms with Crippen molar-refractivity contribution in [1.82, 2.24) is 4.57 Å². The van der Waals surface area contributed by atoms with Gasteiger partial charge in [-0.1, -0.05) is 6.07 Å². The molecule has 6 nitrogen and oxygen atoms in total. The second-order valence-electron chi connectivity index (χ2n) is 6.69. The minimum Gasteiger partial charge on any atom is -0.494 e. The first-order valence-electron chi connectivity index (χ1n) is 8.97. The number of ketones is 1. The van der Waals surface area contributed by atoms with Crippen molar-refractivity contribution in [2.24, 2.45) is 0 Å². The molecule has 0 N–H and O–H groups in total. The first-order chi connectivity index (χ1) is 13.3. The Hall–Kier alpha value is -2.67. The van der Waals surface area contributed by atoms with Crippen molar-refractivity contribution < 1.29 is 28.2 Å². The summed E-state index contributed by atoms with van der Waals surface area (Å²) >= 11 is 0. The van der Waals surface area contributed by atoms with Crippen LogP contribution in [0.5, 0.6) is 5.75 Å². The van der Waals surface area contributed by atoms with Crippen molar-refractivity contribution in [2.45, 2.75) is 33.2 Å². The molecule has 2 aromatic rings. The summed E-state index contributed by atoms with van der Waals surface area (Å²) in [5, 5.41) is 0. The predicted octanol–water partition coefficient (Wildman–Crippen LogP) is 3.43. The first-order valence-corrected chi connectivity index (χ1v) is 8.97. The summed E-state index contributed by atoms with van der Waals surface area (Å²) in [6.07, 6.45) is -0.127. The summed E-state index contributed by atoms with van der Waals surface area (Å²) in [6.45, 7) is 5.94. The van der Waals surface area contributed by atoms with E-state index in [1.165, 1.54) is 19.2 Å². The van der Waals surface area contributed by atoms with Crippen LogP contribution in [0.4, 0.5) is 4.39 Å². The molecule has 152 valence electrons. The maximum atomic E-state index is 13.7. The highest BCUT2D eigenvalue weighted by Gasteiger charge is 2.20. The minimum atomic E-state index is -0.598. The van der Waals surface area contributed by atoms with E-state index in [0.717, 1.165) is 11.4 Å². The van der Waals surface area contributed by atoms with Crippen molar-refractivity contribution >= 4 is 11.8 Å². The van der Waals surface area contributed by atoms with Gasteiger partial charge in [0.05, 0.1) is 26.2 Å². The van der Waals surface area contributed by atoms with Crippen LogP contribution in [-0.2, 0) is 20.7 Å². The summed E-state index contributed by atoms with van der Waals surface area (Å²) < 4.78 is 30.8. The number of rotatable bonds is 9. The highest BCUT2D eigenvalue weighted by Crippen LogP contribution is 2.21. The zero-order chi connectivity index (χ0) is 20.8. The van der Waals surface area contributed by atoms with Crippen molar-refractivity contribution in [3.8, 4) is 5.75 Å². The number of aryl methyl sites for hydroxylation is 1. The van der Waals surface area contributed by atoms with Crippen molar-refractivity contribution in [1.29, 1.82) is 0 Å². The van der Waals surface area contributed by atoms with Gasteiger partial charge in [0.1, 0.15) is 0 Å². The Morgan fingerprint density at radius 3 is 2.50 bits per heavy atom. The van der Waals surface area contributed by atoms with Crippen LogP contribution < -0.4 is 4.74 Å². The average molecular weight is 391 g/mol. The largest absolute Gasteiger partial charge is 0.494 e. The fourth-order valence-corrected chi connectivity index (χ4v) is 3.31. The maximum absolute atomic E-state index is 13.7. The molecule has 28 heavy (non-hydrogen) atoms. The second-order valence-corrected chi connectivity index (χ2v) is 6.69. The summed E-state index contributed by atoms with van der Waals surface area (Å²) in [6, 6.07) is 6.11. The van der Waals surface area contributed by atoms with E-state index in [1.54, 1.807) is 19.2 Å². The van der Waals surface area contributed by atoms with Gasteiger partial charge in [0.2, 0.25) is 5.78 Å². The number of ether oxygens (including phenoxy) is 3. The van der Waals surface area contributed by atoms with Gasteiger partial charge >= 0.3 is 5.97 Å². The lowest BCUT2D eigenvalue weighted by molar-refractivity contribution is -0.141. The van der Waals surface area contributed by atoms with Crippen LogP contribution in [0.3, 0.4) is 0 Å². The van der Waals surface area contributed by atoms with Crippen LogP contribution >= 0.6 is 0 Å². The predicted molar refractivity (Wildman–Crippen MR) is 102 cm³/mol. The van der Waals surface area contributed by atoms with E-state index in [1.807, 2.05) is 25.3 Å². The Bertz CT molecular complexity index is 859. The van der Waals surface area contributed by atoms with Gasteiger partial charge < -0.3 is 18.8 Å². The number of benzene rings is 1. The Labute approximate surface area is 164 Å². The molecule has 2 rings (SSSR count). The van der Waals surface area contributed by atoms with E-state index >= 15 is 0 Å². The zero-order valence-electron chi connectivity index (χ0n) is 16.9. The number of carbonyl (C=O) groups excluding carboxylic acids is 2. The molecular formula is C21H26FNO5. The van der Waals surface area contributed by atoms with Crippen molar-refractivity contribution in [3.05, 3.63) is 52.6 Å². The molecule has 0 saturated carbocycles. The van der Waals surface area contributed by atoms with E-state index < -0.39 is 11.8 Å². The minimum absolute atomic E-state index is 0.0825. The number of Topliss-reactive ketones (excluding diaryl/α,β-unsaturated/α-hetero) is 1. The van der Waals surface area contributed by atoms with Gasteiger partial charge in [-0.3, -0.25) is 9.59 Å². The molecular weight excluding hydrogens is 365 g/mol. The van der Waals surface area contributed by atoms with Crippen LogP contribution in [0.1, 0.15) is 40.3 Å². The fourth-order valence-electron chi connectivity index (χ4n) is 3.31. The molecule has 0 saturated heterocycles. The number of hydrogen-bond donors (Lipinski definition) is 0. The highest BCUT2D eigenvalue weighted by atomic mass is 19.1. The van der Waals surface area contributed by atoms with Gasteiger partial charge in [-0.25, -0.2) is 4.39 Å². The first kappa shape index (κ1) is 21.6. The summed E-state index contributed by atoms with van der Waals surface area (Å²) in [7, 11) is 3.00. The normalized spacial score (nSPS) is 11.9. The molecule has 0 radical (unpaired) electrons. The number of esters is 1. The molecule has 0 aliphatic rings. The van der Waals surface area contributed by atoms with Gasteiger partial charge in [-0.05, 0) is 44.5 Å². The van der Waals surface area contributed by atoms with Gasteiger partial charge in [-0.15, -0.1) is 0 Å². The lowest BCUT2D eigenvalue weighted by Crippen LogP contribution is -2.17. The van der Waals surface area contributed by atoms with E-state index in [2.05, 4.69) is 0 Å². The van der Waals surface area contributed by atoms with E-state index in [4.69, 9.17) is 14.2 Å². The summed E-state index contributed by atoms with van der Waals surface area (Å²) in [5.41, 5.74) is 2.71. The van der Waals surface area contributed by atoms with Gasteiger partial charge in [-0.2, -0.15) is 0 Å². The molecule has 1 heterocycles. The Morgan fingerprint density at radius 1 is 1.18 bits per heavy atom. The summed E-state index contributed by atoms with van der Waals surface area (Å²) in [5.74, 6) is -1.33. The second kappa shape index (κ2) is 9.50. The molecule has 0 aliphatic carbocycles. The molecule has 0 amide bonds. The van der Waals surface area contributed by atoms with E-state index in [9.17, 15) is 14.0 Å². The quantitative estimate of drug-likeness (QED) is 0.484. The monoisotopic (exact) mass is 391 g/mol. The Kier molecular flexibility index (Phi) is 7.34. The van der Waals surface area contributed by atoms with Crippen LogP contribution in [-0.4, -0.2) is 43.8 Å². The van der Waals surface area contributed by atoms with Crippen molar-refractivity contribution in [3.63, 3.8) is 0 Å². The summed E-state index contributed by atoms with van der Waals surface area (Å²) in [4.78, 5) is 24.5. The molecule has 1 aromatic carbocycles. The third-order valence-electron chi connectivity index (χ3n) is 4.56. The topological polar surface area (TPSA) is 66.8 Å². The Morgan fingerprint density at radius 2 is 1.89 bits per heavy atom. The van der Waals surface area contributed by atoms with Crippen LogP contribution in [0, 0.1) is 19.7 Å². The van der Waals surface area contributed by atoms with Crippen LogP contribution in [0.15, 0.2) is 24.3 Å². The number of aromatic nitrogens is 1. The lowest BCUT2D eigenvalue weighted by Gasteiger charge is -2.17. The van der Waals surface area contributed by atoms with Gasteiger partial charge in [0.15, 0.2) is 18.2 Å². The lowest BCUT2D eigenvalue weighted by atomic mass is 10.1. The number of halogens is 1. The molecule has 0 spiro atoms. The Balaban J connectivity index is 1.99. The maximum Gasteiger partial charge on any atom is 0.310 e. The van der Waals surface area contributed by atoms with E-state index in [-0.39, 0.29) is 30.6 Å². The molecule has 1 aromatic heterocycles. The third-order valence-corrected chi connectivity index (χ3v) is 4.56. The average Bonchev–Trinajstić information content (AvgIpc) is 2.94. The third kappa shape index (κ3) is 4.98. The van der Waals surface area contributed by atoms with Crippen LogP contribution in [0.2, 0.25) is 0 Å². The number of methoxy groups -OCH3 is 2. The van der Waals surface area contributed by atoms with Gasteiger partial charge in [0, 0.05) is 24.1 Å². The molecule has 0 fully saturated rings. The smallest absolute Gasteiger partial charge is 0.310 e. The fraction of sp³-hybridized carbons (Fsp3) is 0.429. The van der Waals surface area contributed by atoms with Crippen molar-refractivity contribution in [2.75, 3.05) is 27.4 Å². The number of carbonyl (C=O) groups is 2. The number of hydrogen-bond acceptors (Lipinski definition) is 5. The molecule has 0 aliphatic heterocycles. The molecule has 1 atom stereocenters.